The van der Waals surface area contributed by atoms with Gasteiger partial charge in [-0.1, -0.05) is 49.4 Å². The molecule has 4 rings (SSSR count). The highest BCUT2D eigenvalue weighted by Crippen LogP contribution is 2.23. The van der Waals surface area contributed by atoms with Crippen LogP contribution < -0.4 is 10.2 Å². The van der Waals surface area contributed by atoms with E-state index in [1.807, 2.05) is 49.4 Å². The largest absolute Gasteiger partial charge is 0.355 e. The van der Waals surface area contributed by atoms with Crippen molar-refractivity contribution in [2.75, 3.05) is 36.4 Å². The lowest BCUT2D eigenvalue weighted by Gasteiger charge is -2.23. The molecule has 7 heteroatoms. The van der Waals surface area contributed by atoms with Crippen molar-refractivity contribution in [3.8, 4) is 0 Å². The molecule has 0 unspecified atom stereocenters. The average Bonchev–Trinajstić information content (AvgIpc) is 3.12. The maximum Gasteiger partial charge on any atom is 0.256 e. The van der Waals surface area contributed by atoms with Crippen LogP contribution in [0.5, 0.6) is 0 Å². The number of nitrogens with one attached hydrogen (secondary N) is 1. The highest BCUT2D eigenvalue weighted by molar-refractivity contribution is 5.96. The normalized spacial score (nSPS) is 14.9. The lowest BCUT2D eigenvalue weighted by molar-refractivity contribution is -0.117. The molecule has 2 amide bonds. The predicted octanol–water partition coefficient (Wildman–Crippen LogP) is 4.71. The van der Waals surface area contributed by atoms with Gasteiger partial charge in [0.1, 0.15) is 11.6 Å². The zero-order chi connectivity index (χ0) is 23.9. The number of anilines is 2. The van der Waals surface area contributed by atoms with E-state index < -0.39 is 5.82 Å². The van der Waals surface area contributed by atoms with Crippen molar-refractivity contribution in [1.29, 1.82) is 0 Å². The predicted molar refractivity (Wildman–Crippen MR) is 131 cm³/mol. The first-order valence-corrected chi connectivity index (χ1v) is 11.7. The third-order valence-corrected chi connectivity index (χ3v) is 6.15. The fourth-order valence-corrected chi connectivity index (χ4v) is 4.29. The van der Waals surface area contributed by atoms with Gasteiger partial charge in [0, 0.05) is 26.2 Å². The molecule has 1 fully saturated rings. The van der Waals surface area contributed by atoms with Crippen molar-refractivity contribution in [2.24, 2.45) is 0 Å². The van der Waals surface area contributed by atoms with E-state index in [9.17, 15) is 14.0 Å². The second kappa shape index (κ2) is 10.9. The minimum absolute atomic E-state index is 0.0553. The minimum Gasteiger partial charge on any atom is -0.355 e. The molecule has 1 aromatic heterocycles. The number of nitrogens with zero attached hydrogens (tertiary/aromatic N) is 3. The van der Waals surface area contributed by atoms with Crippen molar-refractivity contribution in [3.63, 3.8) is 0 Å². The Labute approximate surface area is 199 Å². The second-order valence-electron chi connectivity index (χ2n) is 8.38. The smallest absolute Gasteiger partial charge is 0.256 e. The number of halogens is 1. The Morgan fingerprint density at radius 1 is 0.971 bits per heavy atom. The van der Waals surface area contributed by atoms with E-state index in [2.05, 4.69) is 15.2 Å². The second-order valence-corrected chi connectivity index (χ2v) is 8.38. The van der Waals surface area contributed by atoms with Crippen LogP contribution >= 0.6 is 0 Å². The molecule has 0 radical (unpaired) electrons. The van der Waals surface area contributed by atoms with Crippen LogP contribution in [0.2, 0.25) is 0 Å². The van der Waals surface area contributed by atoms with Gasteiger partial charge in [0.25, 0.3) is 5.91 Å². The molecule has 0 spiro atoms. The number of amides is 2. The highest BCUT2D eigenvalue weighted by Gasteiger charge is 2.23. The molecule has 1 saturated heterocycles. The van der Waals surface area contributed by atoms with E-state index in [4.69, 9.17) is 0 Å². The summed E-state index contributed by atoms with van der Waals surface area (Å²) in [6.07, 6.45) is 3.13. The summed E-state index contributed by atoms with van der Waals surface area (Å²) < 4.78 is 14.0. The first-order chi connectivity index (χ1) is 16.6. The summed E-state index contributed by atoms with van der Waals surface area (Å²) in [4.78, 5) is 33.9. The monoisotopic (exact) mass is 460 g/mol. The van der Waals surface area contributed by atoms with Crippen LogP contribution in [0, 0.1) is 5.82 Å². The van der Waals surface area contributed by atoms with Crippen molar-refractivity contribution in [3.05, 3.63) is 89.9 Å². The van der Waals surface area contributed by atoms with Crippen molar-refractivity contribution >= 4 is 23.3 Å². The number of rotatable bonds is 6. The molecule has 176 valence electrons. The first-order valence-electron chi connectivity index (χ1n) is 11.7. The zero-order valence-electron chi connectivity index (χ0n) is 19.3. The van der Waals surface area contributed by atoms with Crippen LogP contribution in [0.25, 0.3) is 0 Å². The van der Waals surface area contributed by atoms with Gasteiger partial charge < -0.3 is 15.1 Å². The van der Waals surface area contributed by atoms with Crippen LogP contribution in [0.15, 0.2) is 72.9 Å². The van der Waals surface area contributed by atoms with E-state index in [0.29, 0.717) is 31.7 Å². The Hall–Kier alpha value is -3.74. The first kappa shape index (κ1) is 23.4. The van der Waals surface area contributed by atoms with Crippen LogP contribution in [-0.4, -0.2) is 47.9 Å². The van der Waals surface area contributed by atoms with Gasteiger partial charge >= 0.3 is 0 Å². The summed E-state index contributed by atoms with van der Waals surface area (Å²) in [6.45, 7) is 4.40. The summed E-state index contributed by atoms with van der Waals surface area (Å²) in [7, 11) is 0. The van der Waals surface area contributed by atoms with Gasteiger partial charge in [0.2, 0.25) is 5.91 Å². The molecular weight excluding hydrogens is 431 g/mol. The fraction of sp³-hybridized carbons (Fsp3) is 0.296. The Kier molecular flexibility index (Phi) is 7.52. The number of hydrogen-bond donors (Lipinski definition) is 1. The molecule has 0 aliphatic carbocycles. The molecule has 3 aromatic rings. The van der Waals surface area contributed by atoms with Gasteiger partial charge in [-0.05, 0) is 42.7 Å². The summed E-state index contributed by atoms with van der Waals surface area (Å²) in [5.74, 6) is -0.265. The quantitative estimate of drug-likeness (QED) is 0.579. The summed E-state index contributed by atoms with van der Waals surface area (Å²) in [5, 5.41) is 2.97. The molecule has 1 aliphatic heterocycles. The molecule has 1 aliphatic rings. The molecule has 6 nitrogen and oxygen atoms in total. The van der Waals surface area contributed by atoms with Crippen molar-refractivity contribution in [1.82, 2.24) is 9.88 Å². The molecule has 0 saturated carbocycles. The van der Waals surface area contributed by atoms with Gasteiger partial charge in [-0.25, -0.2) is 9.37 Å². The lowest BCUT2D eigenvalue weighted by atomic mass is 9.95. The molecule has 1 N–H and O–H groups in total. The van der Waals surface area contributed by atoms with Crippen molar-refractivity contribution < 1.29 is 14.0 Å². The van der Waals surface area contributed by atoms with E-state index in [0.717, 1.165) is 24.3 Å². The number of pyridine rings is 1. The van der Waals surface area contributed by atoms with Crippen LogP contribution in [0.4, 0.5) is 15.9 Å². The third-order valence-electron chi connectivity index (χ3n) is 6.15. The van der Waals surface area contributed by atoms with Crippen LogP contribution in [-0.2, 0) is 4.79 Å². The van der Waals surface area contributed by atoms with Gasteiger partial charge in [0.05, 0.1) is 23.4 Å². The van der Waals surface area contributed by atoms with E-state index in [-0.39, 0.29) is 23.3 Å². The maximum atomic E-state index is 14.0. The molecule has 2 heterocycles. The van der Waals surface area contributed by atoms with Gasteiger partial charge in [0.15, 0.2) is 0 Å². The molecular formula is C27H29FN4O2. The SMILES string of the molecule is CC[C@H](C(=O)Nc1ccc(N2CCCN(C(=O)c3ccccc3F)CC2)nc1)c1ccccc1. The Balaban J connectivity index is 1.37. The zero-order valence-corrected chi connectivity index (χ0v) is 19.3. The Morgan fingerprint density at radius 3 is 2.44 bits per heavy atom. The maximum absolute atomic E-state index is 14.0. The molecule has 0 bridgehead atoms. The number of carbonyl (C=O) groups excluding carboxylic acids is 2. The number of hydrogen-bond acceptors (Lipinski definition) is 4. The van der Waals surface area contributed by atoms with Gasteiger partial charge in [-0.3, -0.25) is 9.59 Å². The Morgan fingerprint density at radius 2 is 1.74 bits per heavy atom. The highest BCUT2D eigenvalue weighted by atomic mass is 19.1. The van der Waals surface area contributed by atoms with Gasteiger partial charge in [-0.2, -0.15) is 0 Å². The topological polar surface area (TPSA) is 65.5 Å². The van der Waals surface area contributed by atoms with E-state index in [1.54, 1.807) is 23.2 Å². The number of carbonyl (C=O) groups is 2. The summed E-state index contributed by atoms with van der Waals surface area (Å²) in [6, 6.07) is 19.6. The fourth-order valence-electron chi connectivity index (χ4n) is 4.29. The van der Waals surface area contributed by atoms with Crippen LogP contribution in [0.3, 0.4) is 0 Å². The summed E-state index contributed by atoms with van der Waals surface area (Å²) in [5.41, 5.74) is 1.75. The number of benzene rings is 2. The lowest BCUT2D eigenvalue weighted by Crippen LogP contribution is -2.35. The van der Waals surface area contributed by atoms with E-state index >= 15 is 0 Å². The summed E-state index contributed by atoms with van der Waals surface area (Å²) >= 11 is 0. The molecule has 34 heavy (non-hydrogen) atoms. The van der Waals surface area contributed by atoms with Crippen molar-refractivity contribution in [2.45, 2.75) is 25.7 Å². The Bertz CT molecular complexity index is 1120. The van der Waals surface area contributed by atoms with Gasteiger partial charge in [-0.15, -0.1) is 0 Å². The molecule has 1 atom stereocenters. The number of aromatic nitrogens is 1. The minimum atomic E-state index is -0.495. The standard InChI is InChI=1S/C27H29FN4O2/c1-2-22(20-9-4-3-5-10-20)26(33)30-21-13-14-25(29-19-21)31-15-8-16-32(18-17-31)27(34)23-11-6-7-12-24(23)28/h3-7,9-14,19,22H,2,8,15-18H2,1H3,(H,30,33)/t22-/m0/s1. The van der Waals surface area contributed by atoms with Crippen LogP contribution in [0.1, 0.15) is 41.6 Å². The third kappa shape index (κ3) is 5.42. The average molecular weight is 461 g/mol. The van der Waals surface area contributed by atoms with E-state index in [1.165, 1.54) is 12.1 Å². The molecule has 2 aromatic carbocycles.